The number of anilines is 1. The van der Waals surface area contributed by atoms with E-state index in [2.05, 4.69) is 22.2 Å². The molecule has 2 aromatic heterocycles. The van der Waals surface area contributed by atoms with E-state index >= 15 is 0 Å². The van der Waals surface area contributed by atoms with Gasteiger partial charge in [0.1, 0.15) is 18.1 Å². The molecule has 10 nitrogen and oxygen atoms in total. The minimum atomic E-state index is -0.471. The van der Waals surface area contributed by atoms with Crippen molar-refractivity contribution in [2.45, 2.75) is 51.2 Å². The number of aliphatic hydroxyl groups is 1. The second kappa shape index (κ2) is 14.4. The van der Waals surface area contributed by atoms with Crippen LogP contribution in [0.15, 0.2) is 48.7 Å². The summed E-state index contributed by atoms with van der Waals surface area (Å²) in [5.74, 6) is 0.461. The van der Waals surface area contributed by atoms with Gasteiger partial charge in [-0.2, -0.15) is 5.10 Å². The Kier molecular flexibility index (Phi) is 10.7. The highest BCUT2D eigenvalue weighted by Gasteiger charge is 2.33. The van der Waals surface area contributed by atoms with Crippen molar-refractivity contribution in [3.63, 3.8) is 0 Å². The fraction of sp³-hybridized carbons (Fsp3) is 0.469. The Morgan fingerprint density at radius 3 is 2.67 bits per heavy atom. The Morgan fingerprint density at radius 1 is 1.21 bits per heavy atom. The van der Waals surface area contributed by atoms with Crippen LogP contribution in [0.1, 0.15) is 46.9 Å². The second-order valence-electron chi connectivity index (χ2n) is 11.0. The topological polar surface area (TPSA) is 115 Å². The lowest BCUT2D eigenvalue weighted by Crippen LogP contribution is -2.45. The molecule has 2 N–H and O–H groups in total. The van der Waals surface area contributed by atoms with Crippen molar-refractivity contribution in [2.75, 3.05) is 51.9 Å². The predicted octanol–water partition coefficient (Wildman–Crippen LogP) is 3.30. The van der Waals surface area contributed by atoms with Crippen LogP contribution in [0.4, 0.5) is 5.69 Å². The average Bonchev–Trinajstić information content (AvgIpc) is 3.39. The van der Waals surface area contributed by atoms with E-state index in [0.29, 0.717) is 31.9 Å². The van der Waals surface area contributed by atoms with Crippen LogP contribution in [-0.4, -0.2) is 85.7 Å². The third-order valence-corrected chi connectivity index (χ3v) is 7.78. The normalized spacial score (nSPS) is 15.7. The number of likely N-dealkylation sites (N-methyl/N-ethyl adjacent to an activating group) is 1. The fourth-order valence-electron chi connectivity index (χ4n) is 5.39. The largest absolute Gasteiger partial charge is 0.489 e. The molecule has 1 saturated heterocycles. The third-order valence-electron chi connectivity index (χ3n) is 7.78. The molecule has 1 unspecified atom stereocenters. The van der Waals surface area contributed by atoms with E-state index in [1.807, 2.05) is 56.6 Å². The first kappa shape index (κ1) is 31.2. The molecular formula is C32H42N4O6. The number of esters is 1. The molecular weight excluding hydrogens is 536 g/mol. The number of aromatic nitrogens is 2. The Labute approximate surface area is 247 Å². The van der Waals surface area contributed by atoms with Crippen molar-refractivity contribution in [1.82, 2.24) is 14.9 Å². The van der Waals surface area contributed by atoms with Gasteiger partial charge in [-0.05, 0) is 68.6 Å². The number of fused-ring (bicyclic) bond motifs is 1. The van der Waals surface area contributed by atoms with Crippen molar-refractivity contribution < 1.29 is 28.9 Å². The smallest absolute Gasteiger partial charge is 0.310 e. The highest BCUT2D eigenvalue weighted by atomic mass is 16.5. The first-order valence-corrected chi connectivity index (χ1v) is 14.4. The van der Waals surface area contributed by atoms with Gasteiger partial charge in [-0.15, -0.1) is 0 Å². The summed E-state index contributed by atoms with van der Waals surface area (Å²) in [5.41, 5.74) is 4.54. The second-order valence-corrected chi connectivity index (χ2v) is 11.0. The molecule has 226 valence electrons. The van der Waals surface area contributed by atoms with E-state index in [4.69, 9.17) is 14.2 Å². The number of piperidine rings is 1. The van der Waals surface area contributed by atoms with Gasteiger partial charge >= 0.3 is 5.97 Å². The van der Waals surface area contributed by atoms with Crippen molar-refractivity contribution >= 4 is 23.5 Å². The molecule has 3 heterocycles. The lowest BCUT2D eigenvalue weighted by Gasteiger charge is -2.41. The minimum Gasteiger partial charge on any atom is -0.489 e. The summed E-state index contributed by atoms with van der Waals surface area (Å²) in [4.78, 5) is 26.0. The maximum Gasteiger partial charge on any atom is 0.310 e. The molecule has 1 aromatic carbocycles. The first-order valence-electron chi connectivity index (χ1n) is 14.4. The summed E-state index contributed by atoms with van der Waals surface area (Å²) < 4.78 is 18.9. The van der Waals surface area contributed by atoms with Gasteiger partial charge in [-0.1, -0.05) is 24.3 Å². The average molecular weight is 579 g/mol. The number of hydrogen-bond acceptors (Lipinski definition) is 9. The minimum absolute atomic E-state index is 0.147. The standard InChI is InChI=1S/C32H42N4O6/c1-23-21-36-28(18-25(22-37)34-36)31(27(23)19-30(39)40-4)35-13-11-32(2,12-14-35)42-16-8-7-15-41-29-10-6-5-9-24(29)17-26(38)20-33-3/h5-10,18,21-22,26,33,38H,11-17,19-20H2,1-4H3/b8-7+. The number of aliphatic hydroxyl groups excluding tert-OH is 1. The van der Waals surface area contributed by atoms with Crippen LogP contribution in [0.2, 0.25) is 0 Å². The first-order chi connectivity index (χ1) is 20.3. The van der Waals surface area contributed by atoms with Crippen molar-refractivity contribution in [3.8, 4) is 5.75 Å². The van der Waals surface area contributed by atoms with Gasteiger partial charge in [0.15, 0.2) is 6.29 Å². The number of carbonyl (C=O) groups excluding carboxylic acids is 2. The summed E-state index contributed by atoms with van der Waals surface area (Å²) in [6.07, 6.45) is 8.31. The molecule has 0 bridgehead atoms. The summed E-state index contributed by atoms with van der Waals surface area (Å²) >= 11 is 0. The van der Waals surface area contributed by atoms with Crippen molar-refractivity contribution in [3.05, 3.63) is 71.1 Å². The van der Waals surface area contributed by atoms with Gasteiger partial charge in [-0.25, -0.2) is 4.52 Å². The number of carbonyl (C=O) groups is 2. The number of para-hydroxylation sites is 1. The van der Waals surface area contributed by atoms with E-state index in [1.165, 1.54) is 7.11 Å². The van der Waals surface area contributed by atoms with Crippen LogP contribution in [0.3, 0.4) is 0 Å². The van der Waals surface area contributed by atoms with E-state index in [-0.39, 0.29) is 18.0 Å². The van der Waals surface area contributed by atoms with Gasteiger partial charge in [0.05, 0.1) is 43.0 Å². The predicted molar refractivity (Wildman–Crippen MR) is 162 cm³/mol. The molecule has 1 aliphatic rings. The summed E-state index contributed by atoms with van der Waals surface area (Å²) in [5, 5.41) is 17.5. The molecule has 0 saturated carbocycles. The highest BCUT2D eigenvalue weighted by molar-refractivity contribution is 5.86. The van der Waals surface area contributed by atoms with Gasteiger partial charge in [-0.3, -0.25) is 9.59 Å². The molecule has 1 aliphatic heterocycles. The van der Waals surface area contributed by atoms with Crippen LogP contribution >= 0.6 is 0 Å². The zero-order valence-corrected chi connectivity index (χ0v) is 25.0. The zero-order chi connectivity index (χ0) is 30.1. The van der Waals surface area contributed by atoms with Crippen molar-refractivity contribution in [1.29, 1.82) is 0 Å². The van der Waals surface area contributed by atoms with Crippen LogP contribution in [0.5, 0.6) is 5.75 Å². The summed E-state index contributed by atoms with van der Waals surface area (Å²) in [6.45, 7) is 6.94. The maximum absolute atomic E-state index is 12.3. The monoisotopic (exact) mass is 578 g/mol. The number of rotatable bonds is 14. The molecule has 0 spiro atoms. The number of nitrogens with one attached hydrogen (secondary N) is 1. The molecule has 1 fully saturated rings. The summed E-state index contributed by atoms with van der Waals surface area (Å²) in [6, 6.07) is 9.54. The van der Waals surface area contributed by atoms with Crippen LogP contribution in [0, 0.1) is 6.92 Å². The molecule has 0 aliphatic carbocycles. The Bertz CT molecular complexity index is 1390. The number of nitrogens with zero attached hydrogens (tertiary/aromatic N) is 3. The number of aldehydes is 1. The van der Waals surface area contributed by atoms with Gasteiger partial charge < -0.3 is 29.5 Å². The van der Waals surface area contributed by atoms with E-state index in [0.717, 1.165) is 65.9 Å². The molecule has 0 amide bonds. The molecule has 1 atom stereocenters. The van der Waals surface area contributed by atoms with Gasteiger partial charge in [0.2, 0.25) is 0 Å². The quantitative estimate of drug-likeness (QED) is 0.169. The van der Waals surface area contributed by atoms with E-state index in [1.54, 1.807) is 10.6 Å². The molecule has 42 heavy (non-hydrogen) atoms. The van der Waals surface area contributed by atoms with E-state index in [9.17, 15) is 14.7 Å². The third kappa shape index (κ3) is 7.76. The van der Waals surface area contributed by atoms with Gasteiger partial charge in [0, 0.05) is 32.3 Å². The SMILES string of the molecule is CNCC(O)Cc1ccccc1OC/C=C/COC1(C)CCN(c2c(CC(=O)OC)c(C)cn3nc(C=O)cc23)CC1. The molecule has 0 radical (unpaired) electrons. The Balaban J connectivity index is 1.34. The van der Waals surface area contributed by atoms with Crippen LogP contribution in [0.25, 0.3) is 5.52 Å². The molecule has 4 rings (SSSR count). The summed E-state index contributed by atoms with van der Waals surface area (Å²) in [7, 11) is 3.21. The number of hydrogen-bond donors (Lipinski definition) is 2. The number of ether oxygens (including phenoxy) is 3. The molecule has 10 heteroatoms. The number of methoxy groups -OCH3 is 1. The Hall–Kier alpha value is -3.73. The lowest BCUT2D eigenvalue weighted by molar-refractivity contribution is -0.139. The van der Waals surface area contributed by atoms with Crippen LogP contribution < -0.4 is 15.0 Å². The van der Waals surface area contributed by atoms with E-state index < -0.39 is 6.10 Å². The zero-order valence-electron chi connectivity index (χ0n) is 25.0. The fourth-order valence-corrected chi connectivity index (χ4v) is 5.39. The number of aryl methyl sites for hydroxylation is 1. The maximum atomic E-state index is 12.3. The lowest BCUT2D eigenvalue weighted by atomic mass is 9.92. The number of pyridine rings is 1. The van der Waals surface area contributed by atoms with Crippen molar-refractivity contribution in [2.24, 2.45) is 0 Å². The van der Waals surface area contributed by atoms with Gasteiger partial charge in [0.25, 0.3) is 0 Å². The molecule has 3 aromatic rings. The van der Waals surface area contributed by atoms with Crippen LogP contribution in [-0.2, 0) is 27.1 Å². The number of benzene rings is 1. The Morgan fingerprint density at radius 2 is 1.95 bits per heavy atom. The highest BCUT2D eigenvalue weighted by Crippen LogP contribution is 2.35.